The highest BCUT2D eigenvalue weighted by Crippen LogP contribution is 2.46. The Morgan fingerprint density at radius 3 is 2.14 bits per heavy atom. The number of hydrogen-bond acceptors (Lipinski definition) is 2. The molecule has 0 bridgehead atoms. The van der Waals surface area contributed by atoms with Crippen molar-refractivity contribution in [3.05, 3.63) is 0 Å². The van der Waals surface area contributed by atoms with Gasteiger partial charge in [-0.15, -0.1) is 0 Å². The molecule has 0 aromatic carbocycles. The molecule has 21 heavy (non-hydrogen) atoms. The van der Waals surface area contributed by atoms with E-state index in [2.05, 4.69) is 6.92 Å². The van der Waals surface area contributed by atoms with Crippen LogP contribution in [0.2, 0.25) is 0 Å². The van der Waals surface area contributed by atoms with Gasteiger partial charge < -0.3 is 14.9 Å². The molecule has 0 saturated carbocycles. The third-order valence-electron chi connectivity index (χ3n) is 4.55. The van der Waals surface area contributed by atoms with E-state index >= 15 is 0 Å². The quantitative estimate of drug-likeness (QED) is 0.807. The lowest BCUT2D eigenvalue weighted by Gasteiger charge is -2.34. The number of hydrogen-bond donors (Lipinski definition) is 1. The van der Waals surface area contributed by atoms with Gasteiger partial charge in [0.25, 0.3) is 0 Å². The van der Waals surface area contributed by atoms with Crippen molar-refractivity contribution in [2.45, 2.75) is 32.4 Å². The number of carbonyl (C=O) groups is 2. The Morgan fingerprint density at radius 2 is 1.71 bits per heavy atom. The highest BCUT2D eigenvalue weighted by molar-refractivity contribution is 5.80. The van der Waals surface area contributed by atoms with E-state index in [1.165, 1.54) is 4.90 Å². The maximum atomic E-state index is 13.1. The molecule has 8 heteroatoms. The van der Waals surface area contributed by atoms with Gasteiger partial charge in [0.2, 0.25) is 0 Å². The standard InChI is InChI=1S/C13H19F3N2O3/c1-9-2-5-17(6-3-9)11(21)18-7-4-12(8-18,10(19)20)13(14,15)16/h9H,2-8H2,1H3,(H,19,20). The van der Waals surface area contributed by atoms with Crippen molar-refractivity contribution in [2.75, 3.05) is 26.2 Å². The van der Waals surface area contributed by atoms with Crippen LogP contribution in [0.15, 0.2) is 0 Å². The number of alkyl halides is 3. The van der Waals surface area contributed by atoms with Crippen LogP contribution >= 0.6 is 0 Å². The maximum absolute atomic E-state index is 13.1. The van der Waals surface area contributed by atoms with E-state index in [0.29, 0.717) is 19.0 Å². The highest BCUT2D eigenvalue weighted by Gasteiger charge is 2.64. The van der Waals surface area contributed by atoms with Crippen LogP contribution < -0.4 is 0 Å². The fraction of sp³-hybridized carbons (Fsp3) is 0.846. The summed E-state index contributed by atoms with van der Waals surface area (Å²) in [4.78, 5) is 25.9. The molecule has 2 heterocycles. The number of carbonyl (C=O) groups excluding carboxylic acids is 1. The smallest absolute Gasteiger partial charge is 0.406 e. The Labute approximate surface area is 120 Å². The molecule has 0 radical (unpaired) electrons. The molecule has 1 atom stereocenters. The van der Waals surface area contributed by atoms with E-state index in [-0.39, 0.29) is 6.54 Å². The van der Waals surface area contributed by atoms with Crippen molar-refractivity contribution in [3.8, 4) is 0 Å². The minimum atomic E-state index is -4.86. The van der Waals surface area contributed by atoms with Crippen molar-refractivity contribution in [2.24, 2.45) is 11.3 Å². The van der Waals surface area contributed by atoms with Gasteiger partial charge in [-0.25, -0.2) is 4.79 Å². The number of aliphatic carboxylic acids is 1. The van der Waals surface area contributed by atoms with Gasteiger partial charge in [-0.1, -0.05) is 6.92 Å². The predicted molar refractivity (Wildman–Crippen MR) is 67.7 cm³/mol. The molecule has 2 aliphatic rings. The number of piperidine rings is 1. The first-order valence-corrected chi connectivity index (χ1v) is 7.01. The number of likely N-dealkylation sites (tertiary alicyclic amines) is 2. The van der Waals surface area contributed by atoms with E-state index < -0.39 is 36.6 Å². The second kappa shape index (κ2) is 5.38. The molecule has 0 aromatic rings. The fourth-order valence-corrected chi connectivity index (χ4v) is 2.90. The number of rotatable bonds is 1. The van der Waals surface area contributed by atoms with Crippen LogP contribution in [0.5, 0.6) is 0 Å². The molecule has 1 N–H and O–H groups in total. The summed E-state index contributed by atoms with van der Waals surface area (Å²) in [5.41, 5.74) is -2.83. The number of nitrogens with zero attached hydrogens (tertiary/aromatic N) is 2. The van der Waals surface area contributed by atoms with Gasteiger partial charge in [0, 0.05) is 26.2 Å². The first-order chi connectivity index (χ1) is 9.67. The molecule has 2 rings (SSSR count). The zero-order chi connectivity index (χ0) is 15.8. The number of carboxylic acid groups (broad SMARTS) is 1. The zero-order valence-corrected chi connectivity index (χ0v) is 11.8. The highest BCUT2D eigenvalue weighted by atomic mass is 19.4. The molecule has 2 amide bonds. The largest absolute Gasteiger partial charge is 0.481 e. The number of halogens is 3. The van der Waals surface area contributed by atoms with Crippen LogP contribution in [-0.2, 0) is 4.79 Å². The topological polar surface area (TPSA) is 60.9 Å². The lowest BCUT2D eigenvalue weighted by molar-refractivity contribution is -0.227. The summed E-state index contributed by atoms with van der Waals surface area (Å²) in [5, 5.41) is 8.97. The Bertz CT molecular complexity index is 433. The molecule has 120 valence electrons. The number of amides is 2. The van der Waals surface area contributed by atoms with Gasteiger partial charge in [-0.3, -0.25) is 4.79 Å². The van der Waals surface area contributed by atoms with Gasteiger partial charge in [-0.2, -0.15) is 13.2 Å². The summed E-state index contributed by atoms with van der Waals surface area (Å²) >= 11 is 0. The molecule has 1 unspecified atom stereocenters. The van der Waals surface area contributed by atoms with Gasteiger partial charge >= 0.3 is 18.2 Å². The first-order valence-electron chi connectivity index (χ1n) is 7.01. The Morgan fingerprint density at radius 1 is 1.14 bits per heavy atom. The van der Waals surface area contributed by atoms with E-state index in [1.54, 1.807) is 0 Å². The van der Waals surface area contributed by atoms with Gasteiger partial charge in [0.05, 0.1) is 0 Å². The molecule has 2 fully saturated rings. The Balaban J connectivity index is 2.07. The van der Waals surface area contributed by atoms with E-state index in [0.717, 1.165) is 17.7 Å². The zero-order valence-electron chi connectivity index (χ0n) is 11.8. The van der Waals surface area contributed by atoms with Crippen LogP contribution in [0.25, 0.3) is 0 Å². The van der Waals surface area contributed by atoms with Crippen molar-refractivity contribution in [1.82, 2.24) is 9.80 Å². The van der Waals surface area contributed by atoms with Crippen LogP contribution in [0.3, 0.4) is 0 Å². The lowest BCUT2D eigenvalue weighted by Crippen LogP contribution is -2.50. The summed E-state index contributed by atoms with van der Waals surface area (Å²) in [5.74, 6) is -1.40. The molecular weight excluding hydrogens is 289 g/mol. The van der Waals surface area contributed by atoms with Crippen LogP contribution in [0.1, 0.15) is 26.2 Å². The van der Waals surface area contributed by atoms with Gasteiger partial charge in [0.15, 0.2) is 5.41 Å². The second-order valence-electron chi connectivity index (χ2n) is 6.01. The monoisotopic (exact) mass is 308 g/mol. The second-order valence-corrected chi connectivity index (χ2v) is 6.01. The molecule has 0 spiro atoms. The number of carboxylic acids is 1. The third kappa shape index (κ3) is 2.80. The van der Waals surface area contributed by atoms with Crippen molar-refractivity contribution >= 4 is 12.0 Å². The van der Waals surface area contributed by atoms with Crippen molar-refractivity contribution < 1.29 is 27.9 Å². The molecule has 0 aromatic heterocycles. The van der Waals surface area contributed by atoms with E-state index in [4.69, 9.17) is 5.11 Å². The molecule has 2 aliphatic heterocycles. The van der Waals surface area contributed by atoms with Crippen LogP contribution in [-0.4, -0.2) is 59.3 Å². The van der Waals surface area contributed by atoms with E-state index in [9.17, 15) is 22.8 Å². The van der Waals surface area contributed by atoms with Gasteiger partial charge in [0.1, 0.15) is 0 Å². The van der Waals surface area contributed by atoms with Crippen LogP contribution in [0.4, 0.5) is 18.0 Å². The Hall–Kier alpha value is -1.47. The minimum absolute atomic E-state index is 0.170. The summed E-state index contributed by atoms with van der Waals surface area (Å²) in [6, 6.07) is -0.478. The lowest BCUT2D eigenvalue weighted by atomic mass is 9.86. The SMILES string of the molecule is CC1CCN(C(=O)N2CCC(C(=O)O)(C(F)(F)F)C2)CC1. The molecule has 5 nitrogen and oxygen atoms in total. The van der Waals surface area contributed by atoms with Crippen molar-refractivity contribution in [1.29, 1.82) is 0 Å². The summed E-state index contributed by atoms with van der Waals surface area (Å²) < 4.78 is 39.2. The molecular formula is C13H19F3N2O3. The molecule has 0 aliphatic carbocycles. The van der Waals surface area contributed by atoms with E-state index in [1.807, 2.05) is 0 Å². The van der Waals surface area contributed by atoms with Crippen molar-refractivity contribution in [3.63, 3.8) is 0 Å². The van der Waals surface area contributed by atoms with Gasteiger partial charge in [-0.05, 0) is 25.2 Å². The number of urea groups is 1. The summed E-state index contributed by atoms with van der Waals surface area (Å²) in [6.07, 6.45) is -3.79. The third-order valence-corrected chi connectivity index (χ3v) is 4.55. The normalized spacial score (nSPS) is 28.0. The summed E-state index contributed by atoms with van der Waals surface area (Å²) in [7, 11) is 0. The summed E-state index contributed by atoms with van der Waals surface area (Å²) in [6.45, 7) is 2.13. The Kier molecular flexibility index (Phi) is 4.08. The first kappa shape index (κ1) is 15.9. The minimum Gasteiger partial charge on any atom is -0.481 e. The van der Waals surface area contributed by atoms with Crippen LogP contribution in [0, 0.1) is 11.3 Å². The fourth-order valence-electron chi connectivity index (χ4n) is 2.90. The average Bonchev–Trinajstić information content (AvgIpc) is 2.84. The predicted octanol–water partition coefficient (Wildman–Crippen LogP) is 2.18. The average molecular weight is 308 g/mol. The molecule has 2 saturated heterocycles. The maximum Gasteiger partial charge on any atom is 0.406 e.